The predicted molar refractivity (Wildman–Crippen MR) is 81.5 cm³/mol. The highest BCUT2D eigenvalue weighted by molar-refractivity contribution is 5.68. The van der Waals surface area contributed by atoms with Crippen molar-refractivity contribution in [1.82, 2.24) is 0 Å². The maximum Gasteiger partial charge on any atom is 0.305 e. The number of aliphatic hydroxyl groups excluding tert-OH is 1. The molecule has 0 aromatic rings. The van der Waals surface area contributed by atoms with Crippen LogP contribution in [-0.2, 0) is 9.53 Å². The molecular weight excluding hydrogens is 252 g/mol. The molecule has 20 heavy (non-hydrogen) atoms. The zero-order chi connectivity index (χ0) is 14.8. The molecule has 0 aliphatic heterocycles. The monoisotopic (exact) mass is 284 g/mol. The molecule has 0 heterocycles. The van der Waals surface area contributed by atoms with E-state index >= 15 is 0 Å². The van der Waals surface area contributed by atoms with E-state index in [1.54, 1.807) is 0 Å². The maximum absolute atomic E-state index is 10.9. The highest BCUT2D eigenvalue weighted by Gasteiger charge is 2.36. The summed E-state index contributed by atoms with van der Waals surface area (Å²) in [6, 6.07) is 0. The molecule has 1 aliphatic carbocycles. The van der Waals surface area contributed by atoms with Gasteiger partial charge >= 0.3 is 5.97 Å². The highest BCUT2D eigenvalue weighted by atomic mass is 16.5. The fraction of sp³-hybridized carbons (Fsp3) is 0.941. The first-order valence-corrected chi connectivity index (χ1v) is 8.38. The molecule has 1 N–H and O–H groups in total. The van der Waals surface area contributed by atoms with Crippen LogP contribution in [0.15, 0.2) is 0 Å². The summed E-state index contributed by atoms with van der Waals surface area (Å²) < 4.78 is 4.62. The zero-order valence-electron chi connectivity index (χ0n) is 13.3. The molecule has 1 rings (SSSR count). The third-order valence-electron chi connectivity index (χ3n) is 4.40. The molecule has 0 amide bonds. The largest absolute Gasteiger partial charge is 0.469 e. The van der Waals surface area contributed by atoms with Crippen molar-refractivity contribution in [3.8, 4) is 0 Å². The van der Waals surface area contributed by atoms with Gasteiger partial charge in [0.25, 0.3) is 0 Å². The number of methoxy groups -OCH3 is 1. The average Bonchev–Trinajstić information content (AvgIpc) is 3.13. The summed E-state index contributed by atoms with van der Waals surface area (Å²) >= 11 is 0. The number of hydrogen-bond acceptors (Lipinski definition) is 3. The molecule has 0 saturated heterocycles. The summed E-state index contributed by atoms with van der Waals surface area (Å²) in [6.07, 6.45) is 12.8. The maximum atomic E-state index is 10.9. The molecule has 0 bridgehead atoms. The minimum atomic E-state index is -0.116. The lowest BCUT2D eigenvalue weighted by molar-refractivity contribution is -0.140. The van der Waals surface area contributed by atoms with Crippen molar-refractivity contribution < 1.29 is 14.6 Å². The van der Waals surface area contributed by atoms with Gasteiger partial charge in [-0.2, -0.15) is 0 Å². The smallest absolute Gasteiger partial charge is 0.305 e. The Morgan fingerprint density at radius 1 is 1.10 bits per heavy atom. The Morgan fingerprint density at radius 2 is 1.70 bits per heavy atom. The van der Waals surface area contributed by atoms with Crippen molar-refractivity contribution in [2.45, 2.75) is 83.7 Å². The van der Waals surface area contributed by atoms with E-state index in [2.05, 4.69) is 4.74 Å². The van der Waals surface area contributed by atoms with Crippen LogP contribution in [0.2, 0.25) is 0 Å². The Bertz CT molecular complexity index is 263. The fourth-order valence-corrected chi connectivity index (χ4v) is 3.05. The van der Waals surface area contributed by atoms with Gasteiger partial charge in [0.1, 0.15) is 0 Å². The number of carbonyl (C=O) groups excluding carboxylic acids is 1. The van der Waals surface area contributed by atoms with Gasteiger partial charge in [-0.25, -0.2) is 0 Å². The lowest BCUT2D eigenvalue weighted by atomic mass is 10.0. The number of hydrogen-bond donors (Lipinski definition) is 1. The van der Waals surface area contributed by atoms with E-state index in [4.69, 9.17) is 0 Å². The highest BCUT2D eigenvalue weighted by Crippen LogP contribution is 2.45. The number of aliphatic hydroxyl groups is 1. The van der Waals surface area contributed by atoms with E-state index in [9.17, 15) is 9.90 Å². The lowest BCUT2D eigenvalue weighted by Crippen LogP contribution is -2.01. The van der Waals surface area contributed by atoms with Crippen LogP contribution in [0.25, 0.3) is 0 Å². The summed E-state index contributed by atoms with van der Waals surface area (Å²) in [4.78, 5) is 10.9. The minimum absolute atomic E-state index is 0.0822. The molecule has 0 aromatic carbocycles. The van der Waals surface area contributed by atoms with Gasteiger partial charge in [0, 0.05) is 6.42 Å². The molecule has 1 aliphatic rings. The molecule has 1 fully saturated rings. The first-order chi connectivity index (χ1) is 9.63. The van der Waals surface area contributed by atoms with Gasteiger partial charge in [-0.05, 0) is 38.0 Å². The average molecular weight is 284 g/mol. The minimum Gasteiger partial charge on any atom is -0.469 e. The molecule has 118 valence electrons. The summed E-state index contributed by atoms with van der Waals surface area (Å²) in [5.41, 5.74) is 0. The van der Waals surface area contributed by atoms with Gasteiger partial charge < -0.3 is 9.84 Å². The van der Waals surface area contributed by atoms with Gasteiger partial charge in [-0.15, -0.1) is 0 Å². The van der Waals surface area contributed by atoms with Crippen LogP contribution in [0, 0.1) is 11.8 Å². The van der Waals surface area contributed by atoms with Crippen molar-refractivity contribution in [3.05, 3.63) is 0 Å². The Labute approximate surface area is 124 Å². The van der Waals surface area contributed by atoms with E-state index in [-0.39, 0.29) is 12.1 Å². The molecule has 0 aromatic heterocycles. The molecule has 0 spiro atoms. The Hall–Kier alpha value is -0.570. The molecule has 3 atom stereocenters. The summed E-state index contributed by atoms with van der Waals surface area (Å²) in [5, 5.41) is 9.31. The van der Waals surface area contributed by atoms with E-state index < -0.39 is 0 Å². The van der Waals surface area contributed by atoms with Crippen molar-refractivity contribution >= 4 is 5.97 Å². The Kier molecular flexibility index (Phi) is 8.92. The quantitative estimate of drug-likeness (QED) is 0.434. The van der Waals surface area contributed by atoms with Crippen LogP contribution in [-0.4, -0.2) is 24.3 Å². The van der Waals surface area contributed by atoms with Gasteiger partial charge in [0.05, 0.1) is 13.2 Å². The van der Waals surface area contributed by atoms with E-state index in [0.29, 0.717) is 6.42 Å². The third-order valence-corrected chi connectivity index (χ3v) is 4.40. The standard InChI is InChI=1S/C17H32O3/c1-14(18)12-16-13-15(16)10-8-6-4-3-5-7-9-11-17(19)20-2/h14-16,18H,3-13H2,1-2H3. The molecule has 3 heteroatoms. The van der Waals surface area contributed by atoms with Gasteiger partial charge in [0.2, 0.25) is 0 Å². The second kappa shape index (κ2) is 10.2. The molecule has 3 nitrogen and oxygen atoms in total. The number of carbonyl (C=O) groups is 1. The molecule has 0 radical (unpaired) electrons. The van der Waals surface area contributed by atoms with Crippen molar-refractivity contribution in [1.29, 1.82) is 0 Å². The van der Waals surface area contributed by atoms with Crippen LogP contribution in [0.1, 0.15) is 77.6 Å². The molecule has 1 saturated carbocycles. The van der Waals surface area contributed by atoms with Gasteiger partial charge in [-0.1, -0.05) is 44.9 Å². The molecular formula is C17H32O3. The Balaban J connectivity index is 1.77. The third kappa shape index (κ3) is 8.57. The van der Waals surface area contributed by atoms with Crippen molar-refractivity contribution in [2.24, 2.45) is 11.8 Å². The van der Waals surface area contributed by atoms with Crippen LogP contribution < -0.4 is 0 Å². The van der Waals surface area contributed by atoms with Crippen molar-refractivity contribution in [2.75, 3.05) is 7.11 Å². The first kappa shape index (κ1) is 17.5. The van der Waals surface area contributed by atoms with Crippen LogP contribution in [0.5, 0.6) is 0 Å². The lowest BCUT2D eigenvalue weighted by Gasteiger charge is -2.04. The second-order valence-electron chi connectivity index (χ2n) is 6.43. The normalized spacial score (nSPS) is 22.6. The van der Waals surface area contributed by atoms with Crippen LogP contribution >= 0.6 is 0 Å². The first-order valence-electron chi connectivity index (χ1n) is 8.38. The van der Waals surface area contributed by atoms with Crippen LogP contribution in [0.4, 0.5) is 0 Å². The number of rotatable bonds is 12. The van der Waals surface area contributed by atoms with Gasteiger partial charge in [-0.3, -0.25) is 4.79 Å². The van der Waals surface area contributed by atoms with Gasteiger partial charge in [0.15, 0.2) is 0 Å². The molecule has 3 unspecified atom stereocenters. The number of ether oxygens (including phenoxy) is 1. The van der Waals surface area contributed by atoms with Crippen molar-refractivity contribution in [3.63, 3.8) is 0 Å². The SMILES string of the molecule is COC(=O)CCCCCCCCCC1CC1CC(C)O. The van der Waals surface area contributed by atoms with E-state index in [1.807, 2.05) is 6.92 Å². The summed E-state index contributed by atoms with van der Waals surface area (Å²) in [5.74, 6) is 1.64. The van der Waals surface area contributed by atoms with E-state index in [0.717, 1.165) is 31.1 Å². The van der Waals surface area contributed by atoms with Crippen LogP contribution in [0.3, 0.4) is 0 Å². The zero-order valence-corrected chi connectivity index (χ0v) is 13.3. The number of unbranched alkanes of at least 4 members (excludes halogenated alkanes) is 6. The predicted octanol–water partition coefficient (Wildman–Crippen LogP) is 4.08. The van der Waals surface area contributed by atoms with E-state index in [1.165, 1.54) is 52.1 Å². The summed E-state index contributed by atoms with van der Waals surface area (Å²) in [7, 11) is 1.45. The fourth-order valence-electron chi connectivity index (χ4n) is 3.05. The summed E-state index contributed by atoms with van der Waals surface area (Å²) in [6.45, 7) is 1.90. The second-order valence-corrected chi connectivity index (χ2v) is 6.43. The Morgan fingerprint density at radius 3 is 2.30 bits per heavy atom. The topological polar surface area (TPSA) is 46.5 Å². The number of esters is 1.